The van der Waals surface area contributed by atoms with Crippen LogP contribution in [0.1, 0.15) is 42.7 Å². The molecule has 8 nitrogen and oxygen atoms in total. The molecule has 1 atom stereocenters. The van der Waals surface area contributed by atoms with Gasteiger partial charge in [0.2, 0.25) is 11.8 Å². The van der Waals surface area contributed by atoms with Gasteiger partial charge < -0.3 is 14.2 Å². The predicted octanol–water partition coefficient (Wildman–Crippen LogP) is 4.62. The van der Waals surface area contributed by atoms with Gasteiger partial charge in [-0.25, -0.2) is 4.21 Å². The van der Waals surface area contributed by atoms with E-state index >= 15 is 0 Å². The van der Waals surface area contributed by atoms with E-state index in [1.807, 2.05) is 64.5 Å². The zero-order valence-electron chi connectivity index (χ0n) is 21.2. The first-order valence-electron chi connectivity index (χ1n) is 12.9. The third kappa shape index (κ3) is 4.35. The summed E-state index contributed by atoms with van der Waals surface area (Å²) in [6.45, 7) is 6.54. The molecule has 0 N–H and O–H groups in total. The number of amides is 1. The molecule has 37 heavy (non-hydrogen) atoms. The van der Waals surface area contributed by atoms with Gasteiger partial charge in [0.15, 0.2) is 11.0 Å². The molecular formula is C28H31N5O3S. The zero-order chi connectivity index (χ0) is 25.6. The van der Waals surface area contributed by atoms with Crippen LogP contribution in [0, 0.1) is 19.3 Å². The number of carbonyl (C=O) groups excluding carboxylic acids is 1. The molecule has 2 aromatic heterocycles. The summed E-state index contributed by atoms with van der Waals surface area (Å²) in [5.74, 6) is 0.786. The second-order valence-corrected chi connectivity index (χ2v) is 11.6. The molecular weight excluding hydrogens is 486 g/mol. The minimum absolute atomic E-state index is 0.233. The van der Waals surface area contributed by atoms with Crippen LogP contribution in [0.15, 0.2) is 64.0 Å². The Hall–Kier alpha value is -3.46. The van der Waals surface area contributed by atoms with Crippen LogP contribution in [0.2, 0.25) is 0 Å². The Balaban J connectivity index is 1.23. The predicted molar refractivity (Wildman–Crippen MR) is 142 cm³/mol. The number of rotatable bonds is 5. The quantitative estimate of drug-likeness (QED) is 0.384. The van der Waals surface area contributed by atoms with Crippen molar-refractivity contribution in [3.8, 4) is 0 Å². The molecule has 0 bridgehead atoms. The highest BCUT2D eigenvalue weighted by Gasteiger charge is 2.46. The summed E-state index contributed by atoms with van der Waals surface area (Å²) in [7, 11) is -1.37. The van der Waals surface area contributed by atoms with Crippen LogP contribution in [-0.2, 0) is 22.3 Å². The topological polar surface area (TPSA) is 84.5 Å². The molecule has 1 unspecified atom stereocenters. The van der Waals surface area contributed by atoms with Crippen molar-refractivity contribution in [2.45, 2.75) is 51.0 Å². The van der Waals surface area contributed by atoms with Gasteiger partial charge in [-0.2, -0.15) is 0 Å². The van der Waals surface area contributed by atoms with Crippen LogP contribution in [-0.4, -0.2) is 48.8 Å². The molecule has 0 aliphatic carbocycles. The van der Waals surface area contributed by atoms with Gasteiger partial charge in [0.25, 0.3) is 0 Å². The minimum Gasteiger partial charge on any atom is -0.408 e. The standard InChI is InChI=1S/C28H31N5O3S/c1-20-8-10-23(11-9-20)37(35)33-19-22(24-6-3-4-7-25(24)33)18-32-15-5-12-28(26(32)34)13-16-31(17-14-28)27-30-29-21(2)36-27/h3-4,6-11,19H,5,12-18H2,1-2H3. The summed E-state index contributed by atoms with van der Waals surface area (Å²) < 4.78 is 20.9. The Morgan fingerprint density at radius 3 is 2.46 bits per heavy atom. The van der Waals surface area contributed by atoms with Crippen LogP contribution in [0.5, 0.6) is 0 Å². The fourth-order valence-electron chi connectivity index (χ4n) is 5.76. The minimum atomic E-state index is -1.37. The van der Waals surface area contributed by atoms with E-state index in [1.54, 1.807) is 6.92 Å². The number of likely N-dealkylation sites (tertiary alicyclic amines) is 1. The highest BCUT2D eigenvalue weighted by atomic mass is 32.2. The van der Waals surface area contributed by atoms with Crippen molar-refractivity contribution in [3.05, 3.63) is 71.7 Å². The third-order valence-corrected chi connectivity index (χ3v) is 9.19. The van der Waals surface area contributed by atoms with Gasteiger partial charge in [0.05, 0.1) is 15.8 Å². The summed E-state index contributed by atoms with van der Waals surface area (Å²) in [5.41, 5.74) is 2.74. The number of benzene rings is 2. The Bertz CT molecular complexity index is 1470. The van der Waals surface area contributed by atoms with Gasteiger partial charge in [-0.3, -0.25) is 8.77 Å². The largest absolute Gasteiger partial charge is 0.408 e. The second-order valence-electron chi connectivity index (χ2n) is 10.3. The highest BCUT2D eigenvalue weighted by molar-refractivity contribution is 7.83. The van der Waals surface area contributed by atoms with Gasteiger partial charge in [-0.15, -0.1) is 5.10 Å². The Morgan fingerprint density at radius 1 is 0.973 bits per heavy atom. The van der Waals surface area contributed by atoms with Crippen molar-refractivity contribution < 1.29 is 13.4 Å². The van der Waals surface area contributed by atoms with E-state index in [2.05, 4.69) is 21.2 Å². The van der Waals surface area contributed by atoms with Crippen molar-refractivity contribution in [1.29, 1.82) is 0 Å². The molecule has 1 amide bonds. The molecule has 192 valence electrons. The number of piperidine rings is 2. The van der Waals surface area contributed by atoms with Crippen molar-refractivity contribution in [3.63, 3.8) is 0 Å². The lowest BCUT2D eigenvalue weighted by molar-refractivity contribution is -0.148. The number of fused-ring (bicyclic) bond motifs is 1. The zero-order valence-corrected chi connectivity index (χ0v) is 22.0. The van der Waals surface area contributed by atoms with E-state index in [0.29, 0.717) is 18.5 Å². The number of hydrogen-bond acceptors (Lipinski definition) is 6. The summed E-state index contributed by atoms with van der Waals surface area (Å²) in [4.78, 5) is 18.7. The molecule has 9 heteroatoms. The Labute approximate surface area is 218 Å². The van der Waals surface area contributed by atoms with E-state index in [9.17, 15) is 9.00 Å². The number of hydrogen-bond donors (Lipinski definition) is 0. The van der Waals surface area contributed by atoms with Gasteiger partial charge in [0, 0.05) is 44.7 Å². The van der Waals surface area contributed by atoms with Gasteiger partial charge in [0.1, 0.15) is 0 Å². The fraction of sp³-hybridized carbons (Fsp3) is 0.393. The van der Waals surface area contributed by atoms with Gasteiger partial charge >= 0.3 is 6.01 Å². The third-order valence-electron chi connectivity index (χ3n) is 7.85. The maximum atomic E-state index is 13.9. The first-order valence-corrected chi connectivity index (χ1v) is 14.0. The van der Waals surface area contributed by atoms with Crippen LogP contribution in [0.4, 0.5) is 6.01 Å². The summed E-state index contributed by atoms with van der Waals surface area (Å²) in [6, 6.07) is 16.4. The van der Waals surface area contributed by atoms with Crippen molar-refractivity contribution >= 4 is 33.8 Å². The maximum absolute atomic E-state index is 13.9. The maximum Gasteiger partial charge on any atom is 0.318 e. The monoisotopic (exact) mass is 517 g/mol. The Morgan fingerprint density at radius 2 is 1.73 bits per heavy atom. The number of carbonyl (C=O) groups is 1. The number of nitrogens with zero attached hydrogens (tertiary/aromatic N) is 5. The highest BCUT2D eigenvalue weighted by Crippen LogP contribution is 2.42. The van der Waals surface area contributed by atoms with Crippen LogP contribution >= 0.6 is 0 Å². The summed E-state index contributed by atoms with van der Waals surface area (Å²) in [5, 5.41) is 9.13. The first kappa shape index (κ1) is 23.9. The van der Waals surface area contributed by atoms with Gasteiger partial charge in [-0.05, 0) is 56.4 Å². The molecule has 2 fully saturated rings. The molecule has 2 aromatic carbocycles. The first-order chi connectivity index (χ1) is 17.9. The summed E-state index contributed by atoms with van der Waals surface area (Å²) in [6.07, 6.45) is 5.43. The number of aryl methyl sites for hydroxylation is 2. The van der Waals surface area contributed by atoms with Crippen molar-refractivity contribution in [1.82, 2.24) is 19.1 Å². The van der Waals surface area contributed by atoms with E-state index < -0.39 is 11.0 Å². The SMILES string of the molecule is Cc1ccc(S(=O)n2cc(CN3CCCC4(CCN(c5nnc(C)o5)CC4)C3=O)c3ccccc32)cc1. The number of aromatic nitrogens is 3. The van der Waals surface area contributed by atoms with Crippen LogP contribution < -0.4 is 4.90 Å². The molecule has 0 radical (unpaired) electrons. The van der Waals surface area contributed by atoms with Crippen molar-refractivity contribution in [2.75, 3.05) is 24.5 Å². The molecule has 4 aromatic rings. The average molecular weight is 518 g/mol. The van der Waals surface area contributed by atoms with E-state index in [-0.39, 0.29) is 11.3 Å². The lowest BCUT2D eigenvalue weighted by Crippen LogP contribution is -2.53. The number of anilines is 1. The smallest absolute Gasteiger partial charge is 0.318 e. The van der Waals surface area contributed by atoms with E-state index in [1.165, 1.54) is 0 Å². The lowest BCUT2D eigenvalue weighted by atomic mass is 9.71. The van der Waals surface area contributed by atoms with Crippen LogP contribution in [0.3, 0.4) is 0 Å². The number of para-hydroxylation sites is 1. The van der Waals surface area contributed by atoms with E-state index in [0.717, 1.165) is 72.2 Å². The Kier molecular flexibility index (Phi) is 6.10. The molecule has 2 saturated heterocycles. The van der Waals surface area contributed by atoms with E-state index in [4.69, 9.17) is 4.42 Å². The summed E-state index contributed by atoms with van der Waals surface area (Å²) >= 11 is 0. The van der Waals surface area contributed by atoms with Gasteiger partial charge in [-0.1, -0.05) is 41.0 Å². The molecule has 6 rings (SSSR count). The molecule has 2 aliphatic heterocycles. The fourth-order valence-corrected chi connectivity index (χ4v) is 6.92. The average Bonchev–Trinajstić information content (AvgIpc) is 3.51. The second kappa shape index (κ2) is 9.45. The van der Waals surface area contributed by atoms with Crippen LogP contribution in [0.25, 0.3) is 10.9 Å². The molecule has 4 heterocycles. The molecule has 0 saturated carbocycles. The lowest BCUT2D eigenvalue weighted by Gasteiger charge is -2.46. The normalized spacial score (nSPS) is 18.6. The molecule has 1 spiro atoms. The van der Waals surface area contributed by atoms with Crippen molar-refractivity contribution in [2.24, 2.45) is 5.41 Å². The molecule has 2 aliphatic rings.